The van der Waals surface area contributed by atoms with Gasteiger partial charge < -0.3 is 14.2 Å². The van der Waals surface area contributed by atoms with Crippen molar-refractivity contribution >= 4 is 33.2 Å². The first kappa shape index (κ1) is 20.6. The van der Waals surface area contributed by atoms with Gasteiger partial charge in [0, 0.05) is 0 Å². The number of benzene rings is 2. The average molecular weight is 420 g/mol. The predicted molar refractivity (Wildman–Crippen MR) is 101 cm³/mol. The smallest absolute Gasteiger partial charge is 0.242 e. The fourth-order valence-electron chi connectivity index (χ4n) is 2.13. The predicted octanol–water partition coefficient (Wildman–Crippen LogP) is 3.76. The molecule has 0 fully saturated rings. The Balaban J connectivity index is 2.05. The van der Waals surface area contributed by atoms with Crippen molar-refractivity contribution in [1.82, 2.24) is 4.72 Å². The van der Waals surface area contributed by atoms with Crippen LogP contribution in [0.2, 0.25) is 10.0 Å². The van der Waals surface area contributed by atoms with Crippen molar-refractivity contribution in [1.29, 1.82) is 0 Å². The molecule has 0 spiro atoms. The number of methoxy groups -OCH3 is 2. The van der Waals surface area contributed by atoms with Crippen LogP contribution in [0.5, 0.6) is 17.2 Å². The van der Waals surface area contributed by atoms with Gasteiger partial charge in [-0.05, 0) is 43.3 Å². The largest absolute Gasteiger partial charge is 0.497 e. The zero-order valence-corrected chi connectivity index (χ0v) is 16.8. The number of hydrogen-bond donors (Lipinski definition) is 1. The monoisotopic (exact) mass is 419 g/mol. The molecule has 0 heterocycles. The van der Waals surface area contributed by atoms with Gasteiger partial charge in [0.25, 0.3) is 0 Å². The summed E-state index contributed by atoms with van der Waals surface area (Å²) in [5.41, 5.74) is 0. The molecule has 0 saturated carbocycles. The molecule has 2 rings (SSSR count). The van der Waals surface area contributed by atoms with Crippen LogP contribution < -0.4 is 18.9 Å². The first-order valence-corrected chi connectivity index (χ1v) is 9.83. The Morgan fingerprint density at radius 3 is 2.15 bits per heavy atom. The summed E-state index contributed by atoms with van der Waals surface area (Å²) in [7, 11) is -0.883. The Kier molecular flexibility index (Phi) is 7.00. The van der Waals surface area contributed by atoms with E-state index in [-0.39, 0.29) is 21.5 Å². The van der Waals surface area contributed by atoms with Crippen LogP contribution in [0.25, 0.3) is 0 Å². The lowest BCUT2D eigenvalue weighted by Gasteiger charge is -2.17. The molecule has 0 radical (unpaired) electrons. The third-order valence-corrected chi connectivity index (χ3v) is 6.05. The maximum absolute atomic E-state index is 12.5. The van der Waals surface area contributed by atoms with Gasteiger partial charge >= 0.3 is 0 Å². The van der Waals surface area contributed by atoms with Crippen molar-refractivity contribution in [2.75, 3.05) is 20.8 Å². The highest BCUT2D eigenvalue weighted by atomic mass is 35.5. The number of hydrogen-bond acceptors (Lipinski definition) is 5. The second-order valence-corrected chi connectivity index (χ2v) is 7.84. The van der Waals surface area contributed by atoms with Crippen molar-refractivity contribution in [2.24, 2.45) is 0 Å². The van der Waals surface area contributed by atoms with Gasteiger partial charge in [0.2, 0.25) is 10.0 Å². The van der Waals surface area contributed by atoms with E-state index in [0.717, 1.165) is 0 Å². The fourth-order valence-corrected chi connectivity index (χ4v) is 4.20. The highest BCUT2D eigenvalue weighted by molar-refractivity contribution is 7.89. The number of rotatable bonds is 8. The highest BCUT2D eigenvalue weighted by Gasteiger charge is 2.23. The van der Waals surface area contributed by atoms with Crippen LogP contribution in [-0.4, -0.2) is 35.3 Å². The normalized spacial score (nSPS) is 12.5. The lowest BCUT2D eigenvalue weighted by atomic mass is 10.3. The average Bonchev–Trinajstić information content (AvgIpc) is 2.62. The Labute approximate surface area is 163 Å². The quantitative estimate of drug-likeness (QED) is 0.704. The van der Waals surface area contributed by atoms with E-state index in [1.54, 1.807) is 38.3 Å². The number of nitrogens with one attached hydrogen (secondary N) is 1. The van der Waals surface area contributed by atoms with Crippen molar-refractivity contribution in [3.8, 4) is 17.2 Å². The van der Waals surface area contributed by atoms with Crippen LogP contribution >= 0.6 is 23.2 Å². The van der Waals surface area contributed by atoms with Crippen molar-refractivity contribution < 1.29 is 22.6 Å². The third kappa shape index (κ3) is 4.94. The van der Waals surface area contributed by atoms with E-state index in [0.29, 0.717) is 17.2 Å². The summed E-state index contributed by atoms with van der Waals surface area (Å²) >= 11 is 12.1. The summed E-state index contributed by atoms with van der Waals surface area (Å²) in [6.07, 6.45) is 0. The van der Waals surface area contributed by atoms with Crippen LogP contribution in [0, 0.1) is 0 Å². The summed E-state index contributed by atoms with van der Waals surface area (Å²) in [6.45, 7) is 1.81. The van der Waals surface area contributed by atoms with Gasteiger partial charge in [-0.1, -0.05) is 23.2 Å². The van der Waals surface area contributed by atoms with E-state index in [1.807, 2.05) is 0 Å². The number of sulfonamides is 1. The van der Waals surface area contributed by atoms with E-state index in [9.17, 15) is 8.42 Å². The molecule has 0 aliphatic heterocycles. The highest BCUT2D eigenvalue weighted by Crippen LogP contribution is 2.36. The van der Waals surface area contributed by atoms with E-state index < -0.39 is 16.1 Å². The molecule has 0 amide bonds. The maximum atomic E-state index is 12.5. The molecule has 2 aromatic rings. The standard InChI is InChI=1S/C17H19Cl2NO5S/c1-11(10-25-13-6-4-12(23-2)5-7-13)20-26(21,22)15-9-8-14(24-3)16(18)17(15)19/h4-9,11,20H,10H2,1-3H3/t11-/m1/s1. The van der Waals surface area contributed by atoms with Crippen LogP contribution in [0.3, 0.4) is 0 Å². The van der Waals surface area contributed by atoms with Gasteiger partial charge in [-0.2, -0.15) is 0 Å². The molecular weight excluding hydrogens is 401 g/mol. The van der Waals surface area contributed by atoms with Gasteiger partial charge in [-0.25, -0.2) is 13.1 Å². The summed E-state index contributed by atoms with van der Waals surface area (Å²) in [5.74, 6) is 1.60. The summed E-state index contributed by atoms with van der Waals surface area (Å²) in [5, 5.41) is -0.0547. The zero-order valence-electron chi connectivity index (χ0n) is 14.5. The van der Waals surface area contributed by atoms with Crippen molar-refractivity contribution in [3.05, 3.63) is 46.4 Å². The Morgan fingerprint density at radius 1 is 0.962 bits per heavy atom. The number of halogens is 2. The zero-order chi connectivity index (χ0) is 19.3. The summed E-state index contributed by atoms with van der Waals surface area (Å²) in [4.78, 5) is -0.124. The molecule has 142 valence electrons. The number of ether oxygens (including phenoxy) is 3. The molecular formula is C17H19Cl2NO5S. The summed E-state index contributed by atoms with van der Waals surface area (Å²) in [6, 6.07) is 9.26. The third-order valence-electron chi connectivity index (χ3n) is 3.44. The van der Waals surface area contributed by atoms with Crippen LogP contribution in [0.4, 0.5) is 0 Å². The van der Waals surface area contributed by atoms with Crippen LogP contribution in [0.1, 0.15) is 6.92 Å². The molecule has 0 aliphatic carbocycles. The molecule has 0 aromatic heterocycles. The van der Waals surface area contributed by atoms with Gasteiger partial charge in [0.15, 0.2) is 0 Å². The van der Waals surface area contributed by atoms with Gasteiger partial charge in [0.1, 0.15) is 33.8 Å². The molecule has 0 aliphatic rings. The molecule has 0 bridgehead atoms. The minimum absolute atomic E-state index is 0.0409. The van der Waals surface area contributed by atoms with Gasteiger partial charge in [-0.3, -0.25) is 0 Å². The molecule has 1 N–H and O–H groups in total. The topological polar surface area (TPSA) is 73.9 Å². The van der Waals surface area contributed by atoms with Crippen LogP contribution in [-0.2, 0) is 10.0 Å². The maximum Gasteiger partial charge on any atom is 0.242 e. The fraction of sp³-hybridized carbons (Fsp3) is 0.294. The molecule has 6 nitrogen and oxygen atoms in total. The molecule has 1 atom stereocenters. The molecule has 9 heteroatoms. The first-order valence-electron chi connectivity index (χ1n) is 7.59. The second kappa shape index (κ2) is 8.81. The van der Waals surface area contributed by atoms with E-state index >= 15 is 0 Å². The molecule has 0 saturated heterocycles. The Morgan fingerprint density at radius 2 is 1.58 bits per heavy atom. The summed E-state index contributed by atoms with van der Waals surface area (Å²) < 4.78 is 43.3. The molecule has 26 heavy (non-hydrogen) atoms. The Bertz CT molecular complexity index is 856. The molecule has 2 aromatic carbocycles. The molecule has 0 unspecified atom stereocenters. The van der Waals surface area contributed by atoms with Crippen LogP contribution in [0.15, 0.2) is 41.3 Å². The Hall–Kier alpha value is -1.67. The van der Waals surface area contributed by atoms with E-state index in [4.69, 9.17) is 37.4 Å². The minimum atomic E-state index is -3.87. The van der Waals surface area contributed by atoms with Gasteiger partial charge in [-0.15, -0.1) is 0 Å². The van der Waals surface area contributed by atoms with Gasteiger partial charge in [0.05, 0.1) is 25.3 Å². The first-order chi connectivity index (χ1) is 12.3. The van der Waals surface area contributed by atoms with E-state index in [2.05, 4.69) is 4.72 Å². The lowest BCUT2D eigenvalue weighted by molar-refractivity contribution is 0.287. The van der Waals surface area contributed by atoms with Crippen molar-refractivity contribution in [2.45, 2.75) is 17.9 Å². The SMILES string of the molecule is COc1ccc(OC[C@@H](C)NS(=O)(=O)c2ccc(OC)c(Cl)c2Cl)cc1. The van der Waals surface area contributed by atoms with E-state index in [1.165, 1.54) is 19.2 Å². The minimum Gasteiger partial charge on any atom is -0.497 e. The lowest BCUT2D eigenvalue weighted by Crippen LogP contribution is -2.36. The second-order valence-electron chi connectivity index (χ2n) is 5.40. The van der Waals surface area contributed by atoms with Crippen molar-refractivity contribution in [3.63, 3.8) is 0 Å².